The molecule has 1 aromatic heterocycles. The number of tetrazole rings is 1. The van der Waals surface area contributed by atoms with Gasteiger partial charge in [-0.1, -0.05) is 0 Å². The predicted octanol–water partition coefficient (Wildman–Crippen LogP) is -0.185. The molecule has 0 aliphatic rings. The van der Waals surface area contributed by atoms with E-state index in [4.69, 9.17) is 20.9 Å². The average molecular weight is 292 g/mol. The summed E-state index contributed by atoms with van der Waals surface area (Å²) in [6, 6.07) is 3.29. The molecular formula is C12H16N6O3. The number of aromatic nitrogens is 4. The Morgan fingerprint density at radius 3 is 2.76 bits per heavy atom. The van der Waals surface area contributed by atoms with E-state index in [0.29, 0.717) is 29.4 Å². The van der Waals surface area contributed by atoms with E-state index in [0.717, 1.165) is 4.80 Å². The quantitative estimate of drug-likeness (QED) is 0.705. The Balaban J connectivity index is 2.39. The molecule has 0 bridgehead atoms. The van der Waals surface area contributed by atoms with E-state index in [1.807, 2.05) is 6.92 Å². The number of hydrogen-bond acceptors (Lipinski definition) is 7. The van der Waals surface area contributed by atoms with Gasteiger partial charge in [-0.15, -0.1) is 10.2 Å². The van der Waals surface area contributed by atoms with Crippen molar-refractivity contribution in [3.8, 4) is 22.9 Å². The third-order valence-corrected chi connectivity index (χ3v) is 2.63. The standard InChI is InChI=1S/C12H16N6O3/c1-3-21-10-5-8(13)7(4-9(10)20-2)12-15-17-18(16-12)6-11(14)19/h4-5H,3,6,13H2,1-2H3,(H2,14,19). The minimum absolute atomic E-state index is 0.152. The predicted molar refractivity (Wildman–Crippen MR) is 74.6 cm³/mol. The second kappa shape index (κ2) is 6.07. The first-order valence-electron chi connectivity index (χ1n) is 6.22. The van der Waals surface area contributed by atoms with Gasteiger partial charge in [-0.2, -0.15) is 4.80 Å². The highest BCUT2D eigenvalue weighted by atomic mass is 16.5. The normalized spacial score (nSPS) is 10.4. The molecule has 0 saturated carbocycles. The van der Waals surface area contributed by atoms with Gasteiger partial charge in [-0.3, -0.25) is 4.79 Å². The number of amides is 1. The Bertz CT molecular complexity index is 654. The van der Waals surface area contributed by atoms with Gasteiger partial charge in [0.1, 0.15) is 6.54 Å². The maximum absolute atomic E-state index is 10.8. The Morgan fingerprint density at radius 2 is 2.14 bits per heavy atom. The molecule has 9 heteroatoms. The SMILES string of the molecule is CCOc1cc(N)c(-c2nnn(CC(N)=O)n2)cc1OC. The van der Waals surface area contributed by atoms with Crippen LogP contribution in [0.4, 0.5) is 5.69 Å². The van der Waals surface area contributed by atoms with Crippen molar-refractivity contribution in [3.63, 3.8) is 0 Å². The zero-order valence-corrected chi connectivity index (χ0v) is 11.7. The highest BCUT2D eigenvalue weighted by molar-refractivity contribution is 5.76. The fraction of sp³-hybridized carbons (Fsp3) is 0.333. The number of hydrogen-bond donors (Lipinski definition) is 2. The number of anilines is 1. The second-order valence-electron chi connectivity index (χ2n) is 4.13. The molecule has 0 spiro atoms. The van der Waals surface area contributed by atoms with Crippen LogP contribution in [0.15, 0.2) is 12.1 Å². The molecule has 0 unspecified atom stereocenters. The van der Waals surface area contributed by atoms with E-state index in [2.05, 4.69) is 15.4 Å². The molecular weight excluding hydrogens is 276 g/mol. The Labute approximate surface area is 120 Å². The first kappa shape index (κ1) is 14.6. The van der Waals surface area contributed by atoms with E-state index in [-0.39, 0.29) is 12.4 Å². The molecule has 1 amide bonds. The van der Waals surface area contributed by atoms with E-state index >= 15 is 0 Å². The molecule has 1 aromatic carbocycles. The van der Waals surface area contributed by atoms with Gasteiger partial charge in [0.2, 0.25) is 11.7 Å². The first-order valence-corrected chi connectivity index (χ1v) is 6.22. The molecule has 0 aliphatic carbocycles. The molecule has 0 radical (unpaired) electrons. The lowest BCUT2D eigenvalue weighted by Crippen LogP contribution is -2.20. The number of rotatable bonds is 6. The van der Waals surface area contributed by atoms with Crippen molar-refractivity contribution in [2.45, 2.75) is 13.5 Å². The van der Waals surface area contributed by atoms with Crippen molar-refractivity contribution in [1.82, 2.24) is 20.2 Å². The summed E-state index contributed by atoms with van der Waals surface area (Å²) in [5, 5.41) is 11.6. The Kier molecular flexibility index (Phi) is 4.21. The van der Waals surface area contributed by atoms with Crippen LogP contribution >= 0.6 is 0 Å². The van der Waals surface area contributed by atoms with Crippen LogP contribution in [0.1, 0.15) is 6.92 Å². The summed E-state index contributed by atoms with van der Waals surface area (Å²) in [5.74, 6) is 0.754. The van der Waals surface area contributed by atoms with Crippen LogP contribution < -0.4 is 20.9 Å². The van der Waals surface area contributed by atoms with Crippen LogP contribution in [0, 0.1) is 0 Å². The summed E-state index contributed by atoms with van der Waals surface area (Å²) in [6.45, 7) is 2.20. The highest BCUT2D eigenvalue weighted by Gasteiger charge is 2.15. The van der Waals surface area contributed by atoms with Gasteiger partial charge >= 0.3 is 0 Å². The fourth-order valence-electron chi connectivity index (χ4n) is 1.75. The van der Waals surface area contributed by atoms with Crippen LogP contribution in [0.3, 0.4) is 0 Å². The molecule has 9 nitrogen and oxygen atoms in total. The van der Waals surface area contributed by atoms with Crippen molar-refractivity contribution >= 4 is 11.6 Å². The monoisotopic (exact) mass is 292 g/mol. The third-order valence-electron chi connectivity index (χ3n) is 2.63. The number of methoxy groups -OCH3 is 1. The Morgan fingerprint density at radius 1 is 1.38 bits per heavy atom. The molecule has 21 heavy (non-hydrogen) atoms. The number of nitrogens with two attached hydrogens (primary N) is 2. The minimum Gasteiger partial charge on any atom is -0.493 e. The third kappa shape index (κ3) is 3.19. The van der Waals surface area contributed by atoms with Gasteiger partial charge < -0.3 is 20.9 Å². The number of ether oxygens (including phenoxy) is 2. The van der Waals surface area contributed by atoms with Crippen LogP contribution in [0.25, 0.3) is 11.4 Å². The van der Waals surface area contributed by atoms with E-state index in [9.17, 15) is 4.79 Å². The number of carbonyl (C=O) groups is 1. The molecule has 0 aliphatic heterocycles. The summed E-state index contributed by atoms with van der Waals surface area (Å²) in [6.07, 6.45) is 0. The number of carbonyl (C=O) groups excluding carboxylic acids is 1. The number of benzene rings is 1. The van der Waals surface area contributed by atoms with Gasteiger partial charge in [0.05, 0.1) is 13.7 Å². The summed E-state index contributed by atoms with van der Waals surface area (Å²) >= 11 is 0. The van der Waals surface area contributed by atoms with E-state index in [1.54, 1.807) is 12.1 Å². The Hall–Kier alpha value is -2.84. The first-order chi connectivity index (χ1) is 10.0. The van der Waals surface area contributed by atoms with Crippen molar-refractivity contribution < 1.29 is 14.3 Å². The summed E-state index contributed by atoms with van der Waals surface area (Å²) in [5.41, 5.74) is 12.0. The average Bonchev–Trinajstić information content (AvgIpc) is 2.87. The van der Waals surface area contributed by atoms with Crippen LogP contribution in [-0.4, -0.2) is 39.8 Å². The van der Waals surface area contributed by atoms with Crippen molar-refractivity contribution in [2.24, 2.45) is 5.73 Å². The molecule has 2 rings (SSSR count). The highest BCUT2D eigenvalue weighted by Crippen LogP contribution is 2.35. The lowest BCUT2D eigenvalue weighted by atomic mass is 10.1. The van der Waals surface area contributed by atoms with Crippen LogP contribution in [0.2, 0.25) is 0 Å². The van der Waals surface area contributed by atoms with Crippen LogP contribution in [0.5, 0.6) is 11.5 Å². The molecule has 4 N–H and O–H groups in total. The molecule has 2 aromatic rings. The molecule has 1 heterocycles. The molecule has 0 saturated heterocycles. The number of nitrogens with zero attached hydrogens (tertiary/aromatic N) is 4. The van der Waals surface area contributed by atoms with E-state index < -0.39 is 5.91 Å². The van der Waals surface area contributed by atoms with Gasteiger partial charge in [-0.05, 0) is 18.2 Å². The van der Waals surface area contributed by atoms with E-state index in [1.165, 1.54) is 7.11 Å². The zero-order valence-electron chi connectivity index (χ0n) is 11.7. The maximum Gasteiger partial charge on any atom is 0.241 e. The summed E-state index contributed by atoms with van der Waals surface area (Å²) < 4.78 is 10.7. The number of primary amides is 1. The summed E-state index contributed by atoms with van der Waals surface area (Å²) in [4.78, 5) is 11.9. The fourth-order valence-corrected chi connectivity index (χ4v) is 1.75. The van der Waals surface area contributed by atoms with Gasteiger partial charge in [0.15, 0.2) is 11.5 Å². The maximum atomic E-state index is 10.8. The smallest absolute Gasteiger partial charge is 0.241 e. The zero-order chi connectivity index (χ0) is 15.4. The lowest BCUT2D eigenvalue weighted by Gasteiger charge is -2.11. The minimum atomic E-state index is -0.559. The summed E-state index contributed by atoms with van der Waals surface area (Å²) in [7, 11) is 1.52. The topological polar surface area (TPSA) is 131 Å². The van der Waals surface area contributed by atoms with Gasteiger partial charge in [0.25, 0.3) is 0 Å². The molecule has 0 fully saturated rings. The molecule has 0 atom stereocenters. The van der Waals surface area contributed by atoms with Crippen molar-refractivity contribution in [1.29, 1.82) is 0 Å². The van der Waals surface area contributed by atoms with Crippen molar-refractivity contribution in [2.75, 3.05) is 19.5 Å². The second-order valence-corrected chi connectivity index (χ2v) is 4.13. The lowest BCUT2D eigenvalue weighted by molar-refractivity contribution is -0.118. The number of nitrogen functional groups attached to an aromatic ring is 1. The van der Waals surface area contributed by atoms with Crippen LogP contribution in [-0.2, 0) is 11.3 Å². The van der Waals surface area contributed by atoms with Crippen molar-refractivity contribution in [3.05, 3.63) is 12.1 Å². The van der Waals surface area contributed by atoms with Gasteiger partial charge in [-0.25, -0.2) is 0 Å². The largest absolute Gasteiger partial charge is 0.493 e. The molecule has 112 valence electrons. The van der Waals surface area contributed by atoms with Gasteiger partial charge in [0, 0.05) is 17.3 Å².